The Hall–Kier alpha value is -1.88. The number of nitrogens with two attached hydrogens (primary N) is 1. The zero-order valence-electron chi connectivity index (χ0n) is 8.27. The van der Waals surface area contributed by atoms with Gasteiger partial charge in [-0.05, 0) is 23.8 Å². The Labute approximate surface area is 91.0 Å². The topological polar surface area (TPSA) is 51.8 Å². The Morgan fingerprint density at radius 3 is 2.38 bits per heavy atom. The first-order valence-corrected chi connectivity index (χ1v) is 4.64. The fourth-order valence-electron chi connectivity index (χ4n) is 1.41. The van der Waals surface area contributed by atoms with Crippen LogP contribution in [0.3, 0.4) is 0 Å². The van der Waals surface area contributed by atoms with Crippen LogP contribution in [0.2, 0.25) is 0 Å². The summed E-state index contributed by atoms with van der Waals surface area (Å²) < 4.78 is 26.0. The molecule has 0 spiro atoms. The monoisotopic (exact) mass is 221 g/mol. The predicted octanol–water partition coefficient (Wildman–Crippen LogP) is 1.80. The number of halogens is 2. The van der Waals surface area contributed by atoms with Gasteiger partial charge in [0.2, 0.25) is 0 Å². The molecule has 1 heterocycles. The third kappa shape index (κ3) is 2.20. The molecule has 2 N–H and O–H groups in total. The highest BCUT2D eigenvalue weighted by Gasteiger charge is 2.12. The smallest absolute Gasteiger partial charge is 0.126 e. The third-order valence-corrected chi connectivity index (χ3v) is 2.17. The molecule has 0 amide bonds. The molecule has 0 radical (unpaired) electrons. The van der Waals surface area contributed by atoms with Crippen LogP contribution >= 0.6 is 0 Å². The summed E-state index contributed by atoms with van der Waals surface area (Å²) in [5.41, 5.74) is 6.69. The number of benzene rings is 1. The van der Waals surface area contributed by atoms with E-state index in [2.05, 4.69) is 9.97 Å². The van der Waals surface area contributed by atoms with Gasteiger partial charge < -0.3 is 5.73 Å². The molecule has 5 heteroatoms. The van der Waals surface area contributed by atoms with E-state index in [4.69, 9.17) is 5.73 Å². The van der Waals surface area contributed by atoms with Gasteiger partial charge in [-0.15, -0.1) is 0 Å². The van der Waals surface area contributed by atoms with Crippen molar-refractivity contribution in [3.8, 4) is 0 Å². The molecular formula is C11H9F2N3. The fraction of sp³-hybridized carbons (Fsp3) is 0.0909. The van der Waals surface area contributed by atoms with Gasteiger partial charge in [-0.2, -0.15) is 0 Å². The molecule has 1 aromatic heterocycles. The molecule has 0 aliphatic carbocycles. The summed E-state index contributed by atoms with van der Waals surface area (Å²) in [4.78, 5) is 7.68. The first-order chi connectivity index (χ1) is 7.66. The van der Waals surface area contributed by atoms with Crippen molar-refractivity contribution in [1.82, 2.24) is 9.97 Å². The molecule has 16 heavy (non-hydrogen) atoms. The summed E-state index contributed by atoms with van der Waals surface area (Å²) in [5.74, 6) is -1.31. The molecule has 0 aliphatic rings. The average Bonchev–Trinajstić information content (AvgIpc) is 2.28. The van der Waals surface area contributed by atoms with Crippen LogP contribution in [0, 0.1) is 11.6 Å². The van der Waals surface area contributed by atoms with E-state index in [1.165, 1.54) is 24.7 Å². The summed E-state index contributed by atoms with van der Waals surface area (Å²) in [7, 11) is 0. The van der Waals surface area contributed by atoms with Crippen LogP contribution in [0.5, 0.6) is 0 Å². The van der Waals surface area contributed by atoms with E-state index in [9.17, 15) is 8.78 Å². The molecule has 0 fully saturated rings. The molecule has 0 aliphatic heterocycles. The first-order valence-electron chi connectivity index (χ1n) is 4.64. The van der Waals surface area contributed by atoms with Crippen molar-refractivity contribution in [2.24, 2.45) is 5.73 Å². The van der Waals surface area contributed by atoms with Crippen LogP contribution in [-0.2, 0) is 0 Å². The minimum Gasteiger partial charge on any atom is -0.319 e. The molecule has 0 bridgehead atoms. The van der Waals surface area contributed by atoms with Crippen molar-refractivity contribution in [3.05, 3.63) is 59.7 Å². The third-order valence-electron chi connectivity index (χ3n) is 2.17. The van der Waals surface area contributed by atoms with Gasteiger partial charge in [-0.3, -0.25) is 0 Å². The van der Waals surface area contributed by atoms with E-state index >= 15 is 0 Å². The first kappa shape index (κ1) is 10.6. The van der Waals surface area contributed by atoms with Crippen LogP contribution in [0.15, 0.2) is 36.8 Å². The summed E-state index contributed by atoms with van der Waals surface area (Å²) in [6.07, 6.45) is 2.86. The van der Waals surface area contributed by atoms with Crippen LogP contribution in [0.1, 0.15) is 17.3 Å². The normalized spacial score (nSPS) is 12.4. The van der Waals surface area contributed by atoms with Crippen molar-refractivity contribution < 1.29 is 8.78 Å². The minimum absolute atomic E-state index is 0.344. The lowest BCUT2D eigenvalue weighted by molar-refractivity contribution is 0.577. The van der Waals surface area contributed by atoms with E-state index in [1.807, 2.05) is 0 Å². The van der Waals surface area contributed by atoms with Crippen molar-refractivity contribution in [2.75, 3.05) is 0 Å². The molecule has 82 valence electrons. The molecule has 2 rings (SSSR count). The minimum atomic E-state index is -0.659. The molecule has 1 unspecified atom stereocenters. The van der Waals surface area contributed by atoms with Gasteiger partial charge in [-0.1, -0.05) is 0 Å². The molecule has 0 saturated carbocycles. The second-order valence-electron chi connectivity index (χ2n) is 3.31. The Morgan fingerprint density at radius 2 is 1.81 bits per heavy atom. The number of rotatable bonds is 2. The molecular weight excluding hydrogens is 212 g/mol. The number of hydrogen-bond acceptors (Lipinski definition) is 3. The summed E-state index contributed by atoms with van der Waals surface area (Å²) in [5, 5.41) is 0. The molecule has 0 saturated heterocycles. The highest BCUT2D eigenvalue weighted by molar-refractivity contribution is 5.27. The van der Waals surface area contributed by atoms with Gasteiger partial charge in [0.15, 0.2) is 0 Å². The van der Waals surface area contributed by atoms with Crippen LogP contribution in [-0.4, -0.2) is 9.97 Å². The lowest BCUT2D eigenvalue weighted by atomic mass is 10.0. The molecule has 1 aromatic carbocycles. The van der Waals surface area contributed by atoms with Crippen LogP contribution < -0.4 is 5.73 Å². The standard InChI is InChI=1S/C11H9F2N3/c12-8-3-7(4-9(13)5-8)11(14)10-1-2-15-6-16-10/h1-6,11H,14H2. The summed E-state index contributed by atoms with van der Waals surface area (Å²) in [6, 6.07) is 4.13. The van der Waals surface area contributed by atoms with Crippen molar-refractivity contribution in [1.29, 1.82) is 0 Å². The van der Waals surface area contributed by atoms with Gasteiger partial charge in [-0.25, -0.2) is 18.7 Å². The van der Waals surface area contributed by atoms with Crippen molar-refractivity contribution in [3.63, 3.8) is 0 Å². The number of hydrogen-bond donors (Lipinski definition) is 1. The van der Waals surface area contributed by atoms with E-state index in [0.717, 1.165) is 6.07 Å². The second kappa shape index (κ2) is 4.32. The lowest BCUT2D eigenvalue weighted by Gasteiger charge is -2.11. The quantitative estimate of drug-likeness (QED) is 0.841. The number of aromatic nitrogens is 2. The van der Waals surface area contributed by atoms with Gasteiger partial charge in [0.1, 0.15) is 18.0 Å². The lowest BCUT2D eigenvalue weighted by Crippen LogP contribution is -2.14. The average molecular weight is 221 g/mol. The van der Waals surface area contributed by atoms with E-state index in [-0.39, 0.29) is 0 Å². The van der Waals surface area contributed by atoms with Gasteiger partial charge in [0.25, 0.3) is 0 Å². The van der Waals surface area contributed by atoms with Crippen LogP contribution in [0.4, 0.5) is 8.78 Å². The van der Waals surface area contributed by atoms with Gasteiger partial charge in [0.05, 0.1) is 11.7 Å². The molecule has 2 aromatic rings. The Balaban J connectivity index is 2.37. The van der Waals surface area contributed by atoms with Crippen molar-refractivity contribution >= 4 is 0 Å². The van der Waals surface area contributed by atoms with Crippen molar-refractivity contribution in [2.45, 2.75) is 6.04 Å². The van der Waals surface area contributed by atoms with E-state index < -0.39 is 17.7 Å². The van der Waals surface area contributed by atoms with E-state index in [0.29, 0.717) is 11.3 Å². The SMILES string of the molecule is NC(c1cc(F)cc(F)c1)c1ccncn1. The second-order valence-corrected chi connectivity index (χ2v) is 3.31. The Kier molecular flexibility index (Phi) is 2.87. The maximum absolute atomic E-state index is 13.0. The zero-order valence-corrected chi connectivity index (χ0v) is 8.27. The zero-order chi connectivity index (χ0) is 11.5. The fourth-order valence-corrected chi connectivity index (χ4v) is 1.41. The van der Waals surface area contributed by atoms with E-state index in [1.54, 1.807) is 6.07 Å². The maximum Gasteiger partial charge on any atom is 0.126 e. The van der Waals surface area contributed by atoms with Crippen LogP contribution in [0.25, 0.3) is 0 Å². The largest absolute Gasteiger partial charge is 0.319 e. The summed E-state index contributed by atoms with van der Waals surface area (Å²) >= 11 is 0. The number of nitrogens with zero attached hydrogens (tertiary/aromatic N) is 2. The predicted molar refractivity (Wildman–Crippen MR) is 54.4 cm³/mol. The van der Waals surface area contributed by atoms with Gasteiger partial charge >= 0.3 is 0 Å². The summed E-state index contributed by atoms with van der Waals surface area (Å²) in [6.45, 7) is 0. The van der Waals surface area contributed by atoms with Gasteiger partial charge in [0, 0.05) is 12.3 Å². The molecule has 1 atom stereocenters. The Bertz CT molecular complexity index is 468. The highest BCUT2D eigenvalue weighted by Crippen LogP contribution is 2.19. The maximum atomic E-state index is 13.0. The Morgan fingerprint density at radius 1 is 1.12 bits per heavy atom. The highest BCUT2D eigenvalue weighted by atomic mass is 19.1. The molecule has 3 nitrogen and oxygen atoms in total.